The fraction of sp³-hybridized carbons (Fsp3) is 0.200. The van der Waals surface area contributed by atoms with E-state index in [9.17, 15) is 0 Å². The van der Waals surface area contributed by atoms with Crippen LogP contribution in [0.2, 0.25) is 0 Å². The highest BCUT2D eigenvalue weighted by Crippen LogP contribution is 2.27. The van der Waals surface area contributed by atoms with Gasteiger partial charge in [-0.05, 0) is 45.8 Å². The van der Waals surface area contributed by atoms with E-state index in [1.165, 1.54) is 0 Å². The second-order valence-corrected chi connectivity index (χ2v) is 5.04. The van der Waals surface area contributed by atoms with Crippen molar-refractivity contribution >= 4 is 21.6 Å². The van der Waals surface area contributed by atoms with E-state index in [1.807, 2.05) is 48.5 Å². The molecule has 0 radical (unpaired) electrons. The third-order valence-corrected chi connectivity index (χ3v) is 3.63. The molecule has 100 valence electrons. The van der Waals surface area contributed by atoms with Crippen molar-refractivity contribution in [2.75, 3.05) is 19.0 Å². The first-order valence-electron chi connectivity index (χ1n) is 6.09. The van der Waals surface area contributed by atoms with Crippen LogP contribution >= 0.6 is 15.9 Å². The minimum atomic E-state index is 0.0498. The Morgan fingerprint density at radius 3 is 2.68 bits per heavy atom. The van der Waals surface area contributed by atoms with Gasteiger partial charge < -0.3 is 15.8 Å². The van der Waals surface area contributed by atoms with Crippen LogP contribution in [0, 0.1) is 0 Å². The lowest BCUT2D eigenvalue weighted by atomic mass is 10.1. The molecule has 0 aromatic heterocycles. The minimum Gasteiger partial charge on any atom is -0.497 e. The number of benzene rings is 2. The molecule has 1 atom stereocenters. The van der Waals surface area contributed by atoms with E-state index in [-0.39, 0.29) is 6.04 Å². The van der Waals surface area contributed by atoms with Crippen LogP contribution in [-0.2, 0) is 0 Å². The fourth-order valence-corrected chi connectivity index (χ4v) is 2.30. The van der Waals surface area contributed by atoms with Gasteiger partial charge in [0.15, 0.2) is 0 Å². The van der Waals surface area contributed by atoms with E-state index in [2.05, 4.69) is 21.2 Å². The smallest absolute Gasteiger partial charge is 0.119 e. The quantitative estimate of drug-likeness (QED) is 0.885. The van der Waals surface area contributed by atoms with E-state index in [0.29, 0.717) is 6.54 Å². The summed E-state index contributed by atoms with van der Waals surface area (Å²) in [7, 11) is 1.66. The minimum absolute atomic E-state index is 0.0498. The fourth-order valence-electron chi connectivity index (χ4n) is 1.90. The predicted molar refractivity (Wildman–Crippen MR) is 82.6 cm³/mol. The van der Waals surface area contributed by atoms with Crippen molar-refractivity contribution in [3.8, 4) is 5.75 Å². The maximum absolute atomic E-state index is 5.88. The molecule has 1 unspecified atom stereocenters. The molecular formula is C15H17BrN2O. The molecule has 0 bridgehead atoms. The summed E-state index contributed by atoms with van der Waals surface area (Å²) in [6, 6.07) is 16.0. The Morgan fingerprint density at radius 1 is 1.21 bits per heavy atom. The standard InChI is InChI=1S/C15H17BrN2O/c1-19-12-6-4-5-11(9-12)15(10-17)18-14-8-3-2-7-13(14)16/h2-9,15,18H,10,17H2,1H3. The van der Waals surface area contributed by atoms with Crippen molar-refractivity contribution in [3.05, 3.63) is 58.6 Å². The molecule has 19 heavy (non-hydrogen) atoms. The Bertz CT molecular complexity index is 545. The second-order valence-electron chi connectivity index (χ2n) is 4.19. The number of hydrogen-bond donors (Lipinski definition) is 2. The first-order chi connectivity index (χ1) is 9.24. The lowest BCUT2D eigenvalue weighted by Gasteiger charge is -2.20. The summed E-state index contributed by atoms with van der Waals surface area (Å²) in [4.78, 5) is 0. The van der Waals surface area contributed by atoms with Crippen LogP contribution in [0.4, 0.5) is 5.69 Å². The second kappa shape index (κ2) is 6.59. The highest BCUT2D eigenvalue weighted by molar-refractivity contribution is 9.10. The van der Waals surface area contributed by atoms with Crippen molar-refractivity contribution in [3.63, 3.8) is 0 Å². The summed E-state index contributed by atoms with van der Waals surface area (Å²) < 4.78 is 6.27. The SMILES string of the molecule is COc1cccc(C(CN)Nc2ccccc2Br)c1. The Balaban J connectivity index is 2.22. The zero-order valence-electron chi connectivity index (χ0n) is 10.8. The van der Waals surface area contributed by atoms with Crippen LogP contribution < -0.4 is 15.8 Å². The van der Waals surface area contributed by atoms with Crippen LogP contribution in [0.5, 0.6) is 5.75 Å². The summed E-state index contributed by atoms with van der Waals surface area (Å²) in [6.07, 6.45) is 0. The van der Waals surface area contributed by atoms with E-state index in [4.69, 9.17) is 10.5 Å². The zero-order valence-corrected chi connectivity index (χ0v) is 12.4. The van der Waals surface area contributed by atoms with Gasteiger partial charge in [-0.2, -0.15) is 0 Å². The van der Waals surface area contributed by atoms with Crippen LogP contribution in [0.15, 0.2) is 53.0 Å². The van der Waals surface area contributed by atoms with Crippen molar-refractivity contribution < 1.29 is 4.74 Å². The molecule has 2 aromatic carbocycles. The van der Waals surface area contributed by atoms with Gasteiger partial charge in [-0.3, -0.25) is 0 Å². The third-order valence-electron chi connectivity index (χ3n) is 2.94. The molecule has 0 aliphatic rings. The average Bonchev–Trinajstić information content (AvgIpc) is 2.46. The van der Waals surface area contributed by atoms with Crippen LogP contribution in [-0.4, -0.2) is 13.7 Å². The molecule has 0 fully saturated rings. The Kier molecular flexibility index (Phi) is 4.82. The molecule has 2 aromatic rings. The number of methoxy groups -OCH3 is 1. The van der Waals surface area contributed by atoms with Crippen LogP contribution in [0.3, 0.4) is 0 Å². The van der Waals surface area contributed by atoms with Gasteiger partial charge in [-0.25, -0.2) is 0 Å². The number of hydrogen-bond acceptors (Lipinski definition) is 3. The van der Waals surface area contributed by atoms with Crippen molar-refractivity contribution in [2.45, 2.75) is 6.04 Å². The number of anilines is 1. The van der Waals surface area contributed by atoms with Gasteiger partial charge in [0.2, 0.25) is 0 Å². The largest absolute Gasteiger partial charge is 0.497 e. The molecule has 0 aliphatic heterocycles. The Hall–Kier alpha value is -1.52. The van der Waals surface area contributed by atoms with Gasteiger partial charge in [-0.15, -0.1) is 0 Å². The topological polar surface area (TPSA) is 47.3 Å². The number of para-hydroxylation sites is 1. The van der Waals surface area contributed by atoms with Gasteiger partial charge >= 0.3 is 0 Å². The molecule has 4 heteroatoms. The molecule has 3 N–H and O–H groups in total. The summed E-state index contributed by atoms with van der Waals surface area (Å²) >= 11 is 3.53. The Labute approximate surface area is 121 Å². The number of nitrogens with one attached hydrogen (secondary N) is 1. The number of rotatable bonds is 5. The van der Waals surface area contributed by atoms with E-state index in [1.54, 1.807) is 7.11 Å². The molecular weight excluding hydrogens is 304 g/mol. The lowest BCUT2D eigenvalue weighted by Crippen LogP contribution is -2.20. The van der Waals surface area contributed by atoms with Gasteiger partial charge in [0.1, 0.15) is 5.75 Å². The summed E-state index contributed by atoms with van der Waals surface area (Å²) in [6.45, 7) is 0.508. The van der Waals surface area contributed by atoms with Gasteiger partial charge in [-0.1, -0.05) is 24.3 Å². The van der Waals surface area contributed by atoms with Crippen molar-refractivity contribution in [1.29, 1.82) is 0 Å². The summed E-state index contributed by atoms with van der Waals surface area (Å²) in [5.74, 6) is 0.838. The number of nitrogens with two attached hydrogens (primary N) is 1. The number of ether oxygens (including phenoxy) is 1. The molecule has 0 amide bonds. The monoisotopic (exact) mass is 320 g/mol. The summed E-state index contributed by atoms with van der Waals surface area (Å²) in [5.41, 5.74) is 8.01. The van der Waals surface area contributed by atoms with E-state index >= 15 is 0 Å². The molecule has 0 spiro atoms. The maximum Gasteiger partial charge on any atom is 0.119 e. The predicted octanol–water partition coefficient (Wildman–Crippen LogP) is 3.57. The first-order valence-corrected chi connectivity index (χ1v) is 6.89. The highest BCUT2D eigenvalue weighted by atomic mass is 79.9. The molecule has 3 nitrogen and oxygen atoms in total. The van der Waals surface area contributed by atoms with E-state index in [0.717, 1.165) is 21.5 Å². The molecule has 0 saturated heterocycles. The first kappa shape index (κ1) is 13.9. The normalized spacial score (nSPS) is 11.9. The maximum atomic E-state index is 5.88. The van der Waals surface area contributed by atoms with Gasteiger partial charge in [0, 0.05) is 16.7 Å². The molecule has 0 aliphatic carbocycles. The zero-order chi connectivity index (χ0) is 13.7. The molecule has 0 heterocycles. The number of halogens is 1. The third kappa shape index (κ3) is 3.49. The van der Waals surface area contributed by atoms with Gasteiger partial charge in [0.05, 0.1) is 13.2 Å². The van der Waals surface area contributed by atoms with Gasteiger partial charge in [0.25, 0.3) is 0 Å². The van der Waals surface area contributed by atoms with Crippen molar-refractivity contribution in [2.24, 2.45) is 5.73 Å². The average molecular weight is 321 g/mol. The molecule has 2 rings (SSSR count). The van der Waals surface area contributed by atoms with E-state index < -0.39 is 0 Å². The van der Waals surface area contributed by atoms with Crippen LogP contribution in [0.25, 0.3) is 0 Å². The molecule has 0 saturated carbocycles. The highest BCUT2D eigenvalue weighted by Gasteiger charge is 2.11. The summed E-state index contributed by atoms with van der Waals surface area (Å²) in [5, 5.41) is 3.44. The Morgan fingerprint density at radius 2 is 2.00 bits per heavy atom. The van der Waals surface area contributed by atoms with Crippen molar-refractivity contribution in [1.82, 2.24) is 0 Å². The van der Waals surface area contributed by atoms with Crippen LogP contribution in [0.1, 0.15) is 11.6 Å². The lowest BCUT2D eigenvalue weighted by molar-refractivity contribution is 0.414.